The van der Waals surface area contributed by atoms with Crippen LogP contribution in [0.2, 0.25) is 5.02 Å². The lowest BCUT2D eigenvalue weighted by Crippen LogP contribution is -2.54. The average molecular weight is 600 g/mol. The number of hydrogen-bond acceptors (Lipinski definition) is 6. The van der Waals surface area contributed by atoms with Gasteiger partial charge in [-0.2, -0.15) is 4.98 Å². The van der Waals surface area contributed by atoms with Gasteiger partial charge in [0.25, 0.3) is 0 Å². The zero-order valence-corrected chi connectivity index (χ0v) is 24.9. The van der Waals surface area contributed by atoms with Gasteiger partial charge in [-0.05, 0) is 60.4 Å². The van der Waals surface area contributed by atoms with E-state index in [0.717, 1.165) is 5.56 Å². The number of benzene rings is 3. The molecule has 5 aromatic rings. The first-order valence-corrected chi connectivity index (χ1v) is 14.5. The summed E-state index contributed by atoms with van der Waals surface area (Å²) in [5, 5.41) is 1.20. The highest BCUT2D eigenvalue weighted by atomic mass is 35.5. The fourth-order valence-electron chi connectivity index (χ4n) is 6.06. The summed E-state index contributed by atoms with van der Waals surface area (Å²) in [5.74, 6) is -0.230. The van der Waals surface area contributed by atoms with Crippen LogP contribution in [0.5, 0.6) is 0 Å². The molecule has 2 N–H and O–H groups in total. The van der Waals surface area contributed by atoms with Gasteiger partial charge in [0.05, 0.1) is 27.9 Å². The summed E-state index contributed by atoms with van der Waals surface area (Å²) in [4.78, 5) is 34.9. The Hall–Kier alpha value is -4.63. The van der Waals surface area contributed by atoms with Gasteiger partial charge in [0.2, 0.25) is 5.91 Å². The highest BCUT2D eigenvalue weighted by Gasteiger charge is 2.31. The molecule has 3 heterocycles. The van der Waals surface area contributed by atoms with Crippen LogP contribution >= 0.6 is 11.6 Å². The molecule has 0 spiro atoms. The monoisotopic (exact) mass is 599 g/mol. The van der Waals surface area contributed by atoms with Crippen LogP contribution in [-0.4, -0.2) is 46.0 Å². The van der Waals surface area contributed by atoms with E-state index in [4.69, 9.17) is 21.8 Å². The van der Waals surface area contributed by atoms with Crippen LogP contribution in [0.3, 0.4) is 0 Å². The van der Waals surface area contributed by atoms with Gasteiger partial charge < -0.3 is 20.0 Å². The van der Waals surface area contributed by atoms with Crippen molar-refractivity contribution >= 4 is 50.9 Å². The maximum Gasteiger partial charge on any atom is 0.354 e. The number of piperazine rings is 1. The van der Waals surface area contributed by atoms with Crippen LogP contribution in [0.4, 0.5) is 15.9 Å². The van der Waals surface area contributed by atoms with Gasteiger partial charge in [0.1, 0.15) is 17.2 Å². The predicted octanol–water partition coefficient (Wildman–Crippen LogP) is 6.52. The minimum absolute atomic E-state index is 0.0848. The fourth-order valence-corrected chi connectivity index (χ4v) is 6.27. The van der Waals surface area contributed by atoms with Crippen molar-refractivity contribution in [1.29, 1.82) is 0 Å². The van der Waals surface area contributed by atoms with Crippen LogP contribution in [0.1, 0.15) is 32.3 Å². The molecule has 6 rings (SSSR count). The van der Waals surface area contributed by atoms with E-state index in [-0.39, 0.29) is 28.6 Å². The maximum atomic E-state index is 14.8. The molecule has 10 heteroatoms. The Morgan fingerprint density at radius 1 is 1.19 bits per heavy atom. The number of anilines is 2. The normalized spacial score (nSPS) is 15.5. The minimum Gasteiger partial charge on any atom is -0.463 e. The highest BCUT2D eigenvalue weighted by Crippen LogP contribution is 2.43. The summed E-state index contributed by atoms with van der Waals surface area (Å²) in [6.07, 6.45) is 2.86. The number of rotatable bonds is 5. The number of carbonyl (C=O) groups excluding carboxylic acids is 1. The van der Waals surface area contributed by atoms with Crippen molar-refractivity contribution in [2.45, 2.75) is 32.7 Å². The van der Waals surface area contributed by atoms with Gasteiger partial charge in [-0.3, -0.25) is 9.36 Å². The number of nitrogens with two attached hydrogens (primary N) is 1. The number of nitrogen functional groups attached to an aromatic ring is 1. The largest absolute Gasteiger partial charge is 0.463 e. The number of furan rings is 1. The first-order valence-electron chi connectivity index (χ1n) is 14.1. The number of hydrogen-bond donors (Lipinski definition) is 1. The van der Waals surface area contributed by atoms with Crippen molar-refractivity contribution < 1.29 is 13.6 Å². The summed E-state index contributed by atoms with van der Waals surface area (Å²) in [7, 11) is 0. The lowest BCUT2D eigenvalue weighted by atomic mass is 9.97. The summed E-state index contributed by atoms with van der Waals surface area (Å²) in [5.41, 5.74) is 9.37. The van der Waals surface area contributed by atoms with Crippen molar-refractivity contribution in [2.24, 2.45) is 0 Å². The summed E-state index contributed by atoms with van der Waals surface area (Å²) in [6, 6.07) is 13.9. The number of aromatic nitrogens is 2. The Morgan fingerprint density at radius 2 is 1.95 bits per heavy atom. The minimum atomic E-state index is -0.646. The molecule has 1 aliphatic heterocycles. The van der Waals surface area contributed by atoms with E-state index < -0.39 is 11.5 Å². The quantitative estimate of drug-likeness (QED) is 0.182. The molecule has 0 saturated carbocycles. The highest BCUT2D eigenvalue weighted by molar-refractivity contribution is 6.34. The Labute approximate surface area is 252 Å². The number of carbonyl (C=O) groups is 1. The van der Waals surface area contributed by atoms with Crippen molar-refractivity contribution in [1.82, 2.24) is 14.5 Å². The van der Waals surface area contributed by atoms with Crippen LogP contribution in [0.25, 0.3) is 38.7 Å². The second kappa shape index (κ2) is 10.9. The smallest absolute Gasteiger partial charge is 0.354 e. The number of para-hydroxylation sites is 1. The van der Waals surface area contributed by atoms with Crippen LogP contribution < -0.4 is 16.3 Å². The van der Waals surface area contributed by atoms with E-state index in [1.807, 2.05) is 42.2 Å². The molecule has 1 fully saturated rings. The number of nitrogens with zero attached hydrogens (tertiary/aromatic N) is 4. The van der Waals surface area contributed by atoms with Gasteiger partial charge in [0, 0.05) is 42.3 Å². The van der Waals surface area contributed by atoms with Crippen molar-refractivity contribution in [2.75, 3.05) is 30.3 Å². The van der Waals surface area contributed by atoms with E-state index in [9.17, 15) is 14.0 Å². The number of amides is 1. The Kier molecular flexibility index (Phi) is 7.22. The summed E-state index contributed by atoms with van der Waals surface area (Å²) in [6.45, 7) is 11.0. The Bertz CT molecular complexity index is 1980. The predicted molar refractivity (Wildman–Crippen MR) is 170 cm³/mol. The van der Waals surface area contributed by atoms with Gasteiger partial charge in [-0.25, -0.2) is 9.18 Å². The molecular weight excluding hydrogens is 569 g/mol. The van der Waals surface area contributed by atoms with Gasteiger partial charge in [-0.1, -0.05) is 50.2 Å². The molecule has 1 amide bonds. The zero-order valence-electron chi connectivity index (χ0n) is 24.1. The second-order valence-electron chi connectivity index (χ2n) is 11.1. The molecule has 3 aromatic carbocycles. The van der Waals surface area contributed by atoms with E-state index in [2.05, 4.69) is 25.4 Å². The van der Waals surface area contributed by atoms with Crippen LogP contribution in [-0.2, 0) is 4.79 Å². The van der Waals surface area contributed by atoms with E-state index in [0.29, 0.717) is 64.1 Å². The Morgan fingerprint density at radius 3 is 2.67 bits per heavy atom. The van der Waals surface area contributed by atoms with Crippen molar-refractivity contribution in [3.05, 3.63) is 94.3 Å². The molecule has 1 aliphatic rings. The van der Waals surface area contributed by atoms with Crippen molar-refractivity contribution in [3.8, 4) is 16.8 Å². The van der Waals surface area contributed by atoms with Gasteiger partial charge >= 0.3 is 5.69 Å². The molecule has 0 bridgehead atoms. The molecule has 0 aliphatic carbocycles. The fraction of sp³-hybridized carbons (Fsp3) is 0.242. The van der Waals surface area contributed by atoms with Crippen LogP contribution in [0.15, 0.2) is 76.7 Å². The summed E-state index contributed by atoms with van der Waals surface area (Å²) < 4.78 is 22.5. The standard InChI is InChI=1S/C33H31ClFN5O3/c1-5-28(41)38-11-12-39(19(4)17-38)32-29-27(40(33(42)37-32)26-9-7-6-8-21(26)18(2)3)16-23(22-10-13-43-31(22)29)24-14-20(36)15-25(35)30(24)34/h5-10,13-16,18-19H,1,11-12,17,36H2,2-4H3/t19-/m0/s1. The third-order valence-corrected chi connectivity index (χ3v) is 8.49. The number of fused-ring (bicyclic) bond motifs is 3. The van der Waals surface area contributed by atoms with Gasteiger partial charge in [-0.15, -0.1) is 0 Å². The first kappa shape index (κ1) is 28.5. The number of halogens is 2. The Balaban J connectivity index is 1.71. The summed E-state index contributed by atoms with van der Waals surface area (Å²) >= 11 is 6.51. The third kappa shape index (κ3) is 4.73. The lowest BCUT2D eigenvalue weighted by molar-refractivity contribution is -0.126. The molecule has 0 radical (unpaired) electrons. The van der Waals surface area contributed by atoms with E-state index in [1.54, 1.807) is 27.9 Å². The van der Waals surface area contributed by atoms with E-state index in [1.165, 1.54) is 12.1 Å². The van der Waals surface area contributed by atoms with Gasteiger partial charge in [0.15, 0.2) is 0 Å². The first-order chi connectivity index (χ1) is 20.6. The topological polar surface area (TPSA) is 97.6 Å². The maximum absolute atomic E-state index is 14.8. The van der Waals surface area contributed by atoms with Crippen molar-refractivity contribution in [3.63, 3.8) is 0 Å². The third-order valence-electron chi connectivity index (χ3n) is 8.10. The molecule has 1 saturated heterocycles. The lowest BCUT2D eigenvalue weighted by Gasteiger charge is -2.40. The molecule has 2 aromatic heterocycles. The molecule has 1 atom stereocenters. The molecule has 43 heavy (non-hydrogen) atoms. The SMILES string of the molecule is C=CC(=O)N1CCN(c2nc(=O)n(-c3ccccc3C(C)C)c3cc(-c4cc(N)cc(F)c4Cl)c4ccoc4c23)[C@@H](C)C1. The molecule has 8 nitrogen and oxygen atoms in total. The zero-order chi connectivity index (χ0) is 30.6. The van der Waals surface area contributed by atoms with E-state index >= 15 is 0 Å². The average Bonchev–Trinajstić information content (AvgIpc) is 3.48. The molecule has 220 valence electrons. The second-order valence-corrected chi connectivity index (χ2v) is 11.5. The van der Waals surface area contributed by atoms with Crippen LogP contribution in [0, 0.1) is 5.82 Å². The molecular formula is C33H31ClFN5O3. The molecule has 0 unspecified atom stereocenters.